The fourth-order valence-corrected chi connectivity index (χ4v) is 2.76. The summed E-state index contributed by atoms with van der Waals surface area (Å²) in [4.78, 5) is 25.9. The van der Waals surface area contributed by atoms with Crippen LogP contribution in [0.4, 0.5) is 0 Å². The molecule has 2 saturated heterocycles. The number of hydrogen-bond donors (Lipinski definition) is 0. The van der Waals surface area contributed by atoms with E-state index in [1.165, 1.54) is 7.11 Å². The second-order valence-corrected chi connectivity index (χ2v) is 4.95. The zero-order chi connectivity index (χ0) is 13.0. The summed E-state index contributed by atoms with van der Waals surface area (Å²) in [5, 5.41) is 0. The monoisotopic (exact) mass is 255 g/mol. The lowest BCUT2D eigenvalue weighted by Crippen LogP contribution is -2.51. The van der Waals surface area contributed by atoms with E-state index in [2.05, 4.69) is 0 Å². The molecule has 0 aliphatic carbocycles. The van der Waals surface area contributed by atoms with Crippen molar-refractivity contribution in [1.29, 1.82) is 0 Å². The molecule has 0 spiro atoms. The first-order chi connectivity index (χ1) is 8.74. The second kappa shape index (κ2) is 6.18. The molecule has 0 N–H and O–H groups in total. The molecule has 1 amide bonds. The maximum Gasteiger partial charge on any atom is 0.328 e. The molecule has 0 aromatic heterocycles. The molecule has 0 saturated carbocycles. The highest BCUT2D eigenvalue weighted by Gasteiger charge is 2.36. The molecular weight excluding hydrogens is 234 g/mol. The van der Waals surface area contributed by atoms with Crippen molar-refractivity contribution in [2.24, 2.45) is 5.92 Å². The van der Waals surface area contributed by atoms with Crippen LogP contribution in [0, 0.1) is 5.92 Å². The molecule has 102 valence electrons. The third-order valence-electron chi connectivity index (χ3n) is 3.83. The van der Waals surface area contributed by atoms with E-state index in [0.717, 1.165) is 32.1 Å². The fraction of sp³-hybridized carbons (Fsp3) is 0.846. The number of carbonyl (C=O) groups excluding carboxylic acids is 2. The maximum atomic E-state index is 12.4. The summed E-state index contributed by atoms with van der Waals surface area (Å²) in [6.45, 7) is 1.97. The quantitative estimate of drug-likeness (QED) is 0.690. The molecule has 0 unspecified atom stereocenters. The lowest BCUT2D eigenvalue weighted by molar-refractivity contribution is -0.157. The molecule has 0 aromatic carbocycles. The Labute approximate surface area is 107 Å². The van der Waals surface area contributed by atoms with Gasteiger partial charge in [-0.05, 0) is 32.1 Å². The van der Waals surface area contributed by atoms with Crippen molar-refractivity contribution < 1.29 is 19.1 Å². The summed E-state index contributed by atoms with van der Waals surface area (Å²) >= 11 is 0. The van der Waals surface area contributed by atoms with Crippen LogP contribution in [-0.2, 0) is 19.1 Å². The van der Waals surface area contributed by atoms with Gasteiger partial charge in [-0.2, -0.15) is 0 Å². The van der Waals surface area contributed by atoms with Crippen molar-refractivity contribution in [2.45, 2.75) is 38.1 Å². The lowest BCUT2D eigenvalue weighted by atomic mass is 9.94. The molecule has 2 fully saturated rings. The van der Waals surface area contributed by atoms with Gasteiger partial charge in [0, 0.05) is 25.7 Å². The van der Waals surface area contributed by atoms with Crippen LogP contribution < -0.4 is 0 Å². The van der Waals surface area contributed by atoms with E-state index in [1.54, 1.807) is 4.90 Å². The number of rotatable bonds is 2. The van der Waals surface area contributed by atoms with Crippen molar-refractivity contribution in [3.8, 4) is 0 Å². The van der Waals surface area contributed by atoms with Crippen molar-refractivity contribution in [1.82, 2.24) is 4.90 Å². The summed E-state index contributed by atoms with van der Waals surface area (Å²) in [6.07, 6.45) is 4.22. The van der Waals surface area contributed by atoms with Crippen molar-refractivity contribution in [3.05, 3.63) is 0 Å². The zero-order valence-electron chi connectivity index (χ0n) is 10.9. The van der Waals surface area contributed by atoms with Crippen LogP contribution in [0.5, 0.6) is 0 Å². The Morgan fingerprint density at radius 1 is 1.17 bits per heavy atom. The number of ether oxygens (including phenoxy) is 2. The number of esters is 1. The number of methoxy groups -OCH3 is 1. The third-order valence-corrected chi connectivity index (χ3v) is 3.83. The van der Waals surface area contributed by atoms with E-state index < -0.39 is 0 Å². The van der Waals surface area contributed by atoms with Gasteiger partial charge in [0.2, 0.25) is 5.91 Å². The van der Waals surface area contributed by atoms with Crippen LogP contribution >= 0.6 is 0 Å². The van der Waals surface area contributed by atoms with E-state index in [-0.39, 0.29) is 23.8 Å². The molecule has 5 nitrogen and oxygen atoms in total. The fourth-order valence-electron chi connectivity index (χ4n) is 2.76. The Bertz CT molecular complexity index is 312. The first-order valence-corrected chi connectivity index (χ1v) is 6.70. The van der Waals surface area contributed by atoms with Gasteiger partial charge in [-0.1, -0.05) is 0 Å². The molecule has 18 heavy (non-hydrogen) atoms. The normalized spacial score (nSPS) is 25.8. The number of amides is 1. The van der Waals surface area contributed by atoms with E-state index in [9.17, 15) is 9.59 Å². The average molecular weight is 255 g/mol. The minimum absolute atomic E-state index is 0.0176. The van der Waals surface area contributed by atoms with Gasteiger partial charge in [-0.3, -0.25) is 4.79 Å². The average Bonchev–Trinajstić information content (AvgIpc) is 2.46. The van der Waals surface area contributed by atoms with Gasteiger partial charge in [0.15, 0.2) is 0 Å². The van der Waals surface area contributed by atoms with E-state index in [1.807, 2.05) is 0 Å². The number of likely N-dealkylation sites (tertiary alicyclic amines) is 1. The number of nitrogens with zero attached hydrogens (tertiary/aromatic N) is 1. The Hall–Kier alpha value is -1.10. The Morgan fingerprint density at radius 2 is 1.89 bits per heavy atom. The number of carbonyl (C=O) groups is 2. The molecule has 0 aromatic rings. The standard InChI is InChI=1S/C13H21NO4/c1-17-13(16)11-4-2-3-7-14(11)12(15)10-5-8-18-9-6-10/h10-11H,2-9H2,1H3/t11-/m1/s1. The van der Waals surface area contributed by atoms with E-state index in [0.29, 0.717) is 19.8 Å². The maximum absolute atomic E-state index is 12.4. The highest BCUT2D eigenvalue weighted by molar-refractivity contribution is 5.86. The van der Waals surface area contributed by atoms with Gasteiger partial charge < -0.3 is 14.4 Å². The van der Waals surface area contributed by atoms with E-state index >= 15 is 0 Å². The predicted molar refractivity (Wildman–Crippen MR) is 64.9 cm³/mol. The zero-order valence-corrected chi connectivity index (χ0v) is 10.9. The molecule has 0 bridgehead atoms. The largest absolute Gasteiger partial charge is 0.467 e. The van der Waals surface area contributed by atoms with Gasteiger partial charge in [-0.25, -0.2) is 4.79 Å². The summed E-state index contributed by atoms with van der Waals surface area (Å²) in [5.41, 5.74) is 0. The first-order valence-electron chi connectivity index (χ1n) is 6.70. The summed E-state index contributed by atoms with van der Waals surface area (Å²) in [6, 6.07) is -0.376. The smallest absolute Gasteiger partial charge is 0.328 e. The van der Waals surface area contributed by atoms with Crippen molar-refractivity contribution in [2.75, 3.05) is 26.9 Å². The van der Waals surface area contributed by atoms with Crippen LogP contribution in [0.2, 0.25) is 0 Å². The predicted octanol–water partition coefficient (Wildman–Crippen LogP) is 0.967. The molecule has 5 heteroatoms. The lowest BCUT2D eigenvalue weighted by Gasteiger charge is -2.36. The van der Waals surface area contributed by atoms with Crippen LogP contribution in [-0.4, -0.2) is 49.7 Å². The van der Waals surface area contributed by atoms with Gasteiger partial charge >= 0.3 is 5.97 Å². The molecular formula is C13H21NO4. The molecule has 2 rings (SSSR count). The first kappa shape index (κ1) is 13.3. The molecule has 2 aliphatic rings. The van der Waals surface area contributed by atoms with Gasteiger partial charge in [0.1, 0.15) is 6.04 Å². The van der Waals surface area contributed by atoms with Crippen LogP contribution in [0.15, 0.2) is 0 Å². The summed E-state index contributed by atoms with van der Waals surface area (Å²) in [7, 11) is 1.38. The minimum Gasteiger partial charge on any atom is -0.467 e. The van der Waals surface area contributed by atoms with Gasteiger partial charge in [-0.15, -0.1) is 0 Å². The van der Waals surface area contributed by atoms with Crippen LogP contribution in [0.1, 0.15) is 32.1 Å². The highest BCUT2D eigenvalue weighted by atomic mass is 16.5. The van der Waals surface area contributed by atoms with Gasteiger partial charge in [0.05, 0.1) is 7.11 Å². The molecule has 0 radical (unpaired) electrons. The number of hydrogen-bond acceptors (Lipinski definition) is 4. The van der Waals surface area contributed by atoms with Gasteiger partial charge in [0.25, 0.3) is 0 Å². The van der Waals surface area contributed by atoms with E-state index in [4.69, 9.17) is 9.47 Å². The van der Waals surface area contributed by atoms with Crippen molar-refractivity contribution in [3.63, 3.8) is 0 Å². The van der Waals surface area contributed by atoms with Crippen molar-refractivity contribution >= 4 is 11.9 Å². The highest BCUT2D eigenvalue weighted by Crippen LogP contribution is 2.24. The minimum atomic E-state index is -0.376. The Kier molecular flexibility index (Phi) is 4.58. The second-order valence-electron chi connectivity index (χ2n) is 4.95. The summed E-state index contributed by atoms with van der Waals surface area (Å²) in [5.74, 6) is -0.160. The van der Waals surface area contributed by atoms with Crippen LogP contribution in [0.3, 0.4) is 0 Å². The third kappa shape index (κ3) is 2.83. The SMILES string of the molecule is COC(=O)[C@H]1CCCCN1C(=O)C1CCOCC1. The van der Waals surface area contributed by atoms with Crippen LogP contribution in [0.25, 0.3) is 0 Å². The molecule has 2 heterocycles. The topological polar surface area (TPSA) is 55.8 Å². The molecule has 1 atom stereocenters. The molecule has 2 aliphatic heterocycles. The Balaban J connectivity index is 2.03. The summed E-state index contributed by atoms with van der Waals surface area (Å²) < 4.78 is 10.1. The number of piperidine rings is 1. The Morgan fingerprint density at radius 3 is 2.56 bits per heavy atom.